The average molecular weight is 169 g/mol. The fourth-order valence-corrected chi connectivity index (χ4v) is 0.348. The largest absolute Gasteiger partial charge is 0.545 e. The Morgan fingerprint density at radius 3 is 2.33 bits per heavy atom. The Morgan fingerprint density at radius 1 is 1.33 bits per heavy atom. The Hall–Kier alpha value is -1.65. The number of carbonyl (C=O) groups is 2. The van der Waals surface area contributed by atoms with Crippen molar-refractivity contribution in [3.05, 3.63) is 12.2 Å². The van der Waals surface area contributed by atoms with E-state index in [9.17, 15) is 14.7 Å². The Bertz CT molecular complexity index is 239. The van der Waals surface area contributed by atoms with E-state index in [0.29, 0.717) is 11.8 Å². The van der Waals surface area contributed by atoms with Gasteiger partial charge in [0.2, 0.25) is 0 Å². The molecule has 0 bridgehead atoms. The number of nitrogens with one attached hydrogen (secondary N) is 1. The van der Waals surface area contributed by atoms with Gasteiger partial charge in [-0.2, -0.15) is 5.10 Å². The molecular formula is C7H9N2O3-. The standard InChI is InChI=1S/C7H10N2O3/c1-5(2)8-9-6(10)3-4-7(11)12/h3-4H,1-2H3,(H,9,10)(H,11,12)/p-1. The second-order valence-electron chi connectivity index (χ2n) is 2.19. The van der Waals surface area contributed by atoms with Crippen molar-refractivity contribution in [2.24, 2.45) is 5.10 Å². The highest BCUT2D eigenvalue weighted by Gasteiger charge is 1.89. The maximum absolute atomic E-state index is 10.7. The number of nitrogens with zero attached hydrogens (tertiary/aromatic N) is 1. The van der Waals surface area contributed by atoms with Crippen molar-refractivity contribution in [3.63, 3.8) is 0 Å². The first-order valence-electron chi connectivity index (χ1n) is 3.22. The van der Waals surface area contributed by atoms with Gasteiger partial charge in [0.15, 0.2) is 0 Å². The van der Waals surface area contributed by atoms with Crippen molar-refractivity contribution in [2.45, 2.75) is 13.8 Å². The monoisotopic (exact) mass is 169 g/mol. The molecule has 1 amide bonds. The molecule has 12 heavy (non-hydrogen) atoms. The van der Waals surface area contributed by atoms with Crippen LogP contribution in [0.5, 0.6) is 0 Å². The molecule has 0 aliphatic heterocycles. The van der Waals surface area contributed by atoms with Gasteiger partial charge in [-0.1, -0.05) is 0 Å². The topological polar surface area (TPSA) is 81.6 Å². The van der Waals surface area contributed by atoms with Gasteiger partial charge in [0.25, 0.3) is 5.91 Å². The molecule has 0 heterocycles. The lowest BCUT2D eigenvalue weighted by atomic mass is 10.5. The zero-order chi connectivity index (χ0) is 9.56. The van der Waals surface area contributed by atoms with Crippen molar-refractivity contribution in [2.75, 3.05) is 0 Å². The van der Waals surface area contributed by atoms with Crippen molar-refractivity contribution in [1.29, 1.82) is 0 Å². The second-order valence-corrected chi connectivity index (χ2v) is 2.19. The van der Waals surface area contributed by atoms with Gasteiger partial charge < -0.3 is 9.90 Å². The molecule has 5 nitrogen and oxygen atoms in total. The molecule has 0 rings (SSSR count). The lowest BCUT2D eigenvalue weighted by molar-refractivity contribution is -0.297. The molecule has 0 saturated heterocycles. The third kappa shape index (κ3) is 6.47. The molecule has 0 saturated carbocycles. The third-order valence-corrected chi connectivity index (χ3v) is 0.760. The van der Waals surface area contributed by atoms with Gasteiger partial charge in [-0.05, 0) is 19.9 Å². The van der Waals surface area contributed by atoms with E-state index in [2.05, 4.69) is 10.5 Å². The first-order chi connectivity index (χ1) is 5.52. The summed E-state index contributed by atoms with van der Waals surface area (Å²) < 4.78 is 0. The van der Waals surface area contributed by atoms with Crippen LogP contribution in [0.3, 0.4) is 0 Å². The molecule has 0 radical (unpaired) electrons. The van der Waals surface area contributed by atoms with Crippen LogP contribution < -0.4 is 10.5 Å². The number of hydrogen-bond donors (Lipinski definition) is 1. The molecule has 0 aliphatic carbocycles. The fraction of sp³-hybridized carbons (Fsp3) is 0.286. The molecule has 0 aromatic heterocycles. The minimum absolute atomic E-state index is 0.597. The molecule has 0 aromatic carbocycles. The summed E-state index contributed by atoms with van der Waals surface area (Å²) in [5, 5.41) is 13.4. The molecule has 1 N–H and O–H groups in total. The van der Waals surface area contributed by atoms with Crippen molar-refractivity contribution >= 4 is 17.6 Å². The molecule has 0 aliphatic rings. The number of rotatable bonds is 3. The molecule has 0 aromatic rings. The second kappa shape index (κ2) is 5.06. The summed E-state index contributed by atoms with van der Waals surface area (Å²) in [5.41, 5.74) is 2.78. The van der Waals surface area contributed by atoms with Crippen LogP contribution in [0.25, 0.3) is 0 Å². The van der Waals surface area contributed by atoms with Crippen molar-refractivity contribution < 1.29 is 14.7 Å². The Balaban J connectivity index is 3.91. The van der Waals surface area contributed by atoms with Gasteiger partial charge in [-0.3, -0.25) is 4.79 Å². The summed E-state index contributed by atoms with van der Waals surface area (Å²) in [7, 11) is 0. The molecule has 0 spiro atoms. The van der Waals surface area contributed by atoms with Crippen LogP contribution in [0.1, 0.15) is 13.8 Å². The number of amides is 1. The number of aliphatic carboxylic acids is 1. The van der Waals surface area contributed by atoms with Gasteiger partial charge in [0.05, 0.1) is 5.97 Å². The van der Waals surface area contributed by atoms with Crippen molar-refractivity contribution in [3.8, 4) is 0 Å². The predicted octanol–water partition coefficient (Wildman–Crippen LogP) is -1.20. The number of hydrazone groups is 1. The van der Waals surface area contributed by atoms with E-state index < -0.39 is 11.9 Å². The van der Waals surface area contributed by atoms with Gasteiger partial charge in [0, 0.05) is 11.8 Å². The maximum Gasteiger partial charge on any atom is 0.264 e. The van der Waals surface area contributed by atoms with Crippen LogP contribution >= 0.6 is 0 Å². The summed E-state index contributed by atoms with van der Waals surface area (Å²) >= 11 is 0. The lowest BCUT2D eigenvalue weighted by Gasteiger charge is -1.94. The van der Waals surface area contributed by atoms with Gasteiger partial charge in [-0.25, -0.2) is 5.43 Å². The first-order valence-corrected chi connectivity index (χ1v) is 3.22. The predicted molar refractivity (Wildman–Crippen MR) is 41.1 cm³/mol. The highest BCUT2D eigenvalue weighted by Crippen LogP contribution is 1.74. The van der Waals surface area contributed by atoms with E-state index in [-0.39, 0.29) is 0 Å². The van der Waals surface area contributed by atoms with Crippen LogP contribution in [-0.2, 0) is 9.59 Å². The summed E-state index contributed by atoms with van der Waals surface area (Å²) in [6, 6.07) is 0. The zero-order valence-electron chi connectivity index (χ0n) is 6.83. The van der Waals surface area contributed by atoms with E-state index in [1.807, 2.05) is 0 Å². The molecule has 66 valence electrons. The minimum atomic E-state index is -1.41. The Labute approximate surface area is 69.8 Å². The molecular weight excluding hydrogens is 160 g/mol. The smallest absolute Gasteiger partial charge is 0.264 e. The Morgan fingerprint density at radius 2 is 1.92 bits per heavy atom. The first kappa shape index (κ1) is 10.3. The molecule has 0 atom stereocenters. The quantitative estimate of drug-likeness (QED) is 0.327. The number of hydrogen-bond acceptors (Lipinski definition) is 4. The third-order valence-electron chi connectivity index (χ3n) is 0.760. The van der Waals surface area contributed by atoms with Crippen LogP contribution in [-0.4, -0.2) is 17.6 Å². The SMILES string of the molecule is CC(C)=NNC(=O)C=CC(=O)[O-]. The van der Waals surface area contributed by atoms with Crippen LogP contribution in [0, 0.1) is 0 Å². The average Bonchev–Trinajstić information content (AvgIpc) is 1.96. The van der Waals surface area contributed by atoms with E-state index in [1.165, 1.54) is 0 Å². The number of carboxylic acids is 1. The van der Waals surface area contributed by atoms with Crippen LogP contribution in [0.2, 0.25) is 0 Å². The molecule has 0 unspecified atom stereocenters. The molecule has 0 fully saturated rings. The maximum atomic E-state index is 10.7. The van der Waals surface area contributed by atoms with E-state index in [1.54, 1.807) is 13.8 Å². The van der Waals surface area contributed by atoms with Crippen LogP contribution in [0.15, 0.2) is 17.3 Å². The summed E-state index contributed by atoms with van der Waals surface area (Å²) in [4.78, 5) is 20.5. The van der Waals surface area contributed by atoms with Gasteiger partial charge in [0.1, 0.15) is 0 Å². The summed E-state index contributed by atoms with van der Waals surface area (Å²) in [5.74, 6) is -2.01. The highest BCUT2D eigenvalue weighted by atomic mass is 16.4. The van der Waals surface area contributed by atoms with Crippen molar-refractivity contribution in [1.82, 2.24) is 5.43 Å². The summed E-state index contributed by atoms with van der Waals surface area (Å²) in [6.45, 7) is 3.39. The lowest BCUT2D eigenvalue weighted by Crippen LogP contribution is -2.21. The van der Waals surface area contributed by atoms with E-state index >= 15 is 0 Å². The molecule has 5 heteroatoms. The van der Waals surface area contributed by atoms with E-state index in [4.69, 9.17) is 0 Å². The van der Waals surface area contributed by atoms with Crippen LogP contribution in [0.4, 0.5) is 0 Å². The van der Waals surface area contributed by atoms with E-state index in [0.717, 1.165) is 6.08 Å². The van der Waals surface area contributed by atoms with Gasteiger partial charge in [-0.15, -0.1) is 0 Å². The normalized spacial score (nSPS) is 9.50. The Kier molecular flexibility index (Phi) is 4.36. The summed E-state index contributed by atoms with van der Waals surface area (Å²) in [6.07, 6.45) is 1.47. The number of carboxylic acid groups (broad SMARTS) is 1. The number of carbonyl (C=O) groups excluding carboxylic acids is 2. The fourth-order valence-electron chi connectivity index (χ4n) is 0.348. The highest BCUT2D eigenvalue weighted by molar-refractivity contribution is 5.93. The van der Waals surface area contributed by atoms with Gasteiger partial charge >= 0.3 is 0 Å². The zero-order valence-corrected chi connectivity index (χ0v) is 6.83. The minimum Gasteiger partial charge on any atom is -0.545 e.